The zero-order chi connectivity index (χ0) is 8.27. The molecule has 0 radical (unpaired) electrons. The van der Waals surface area contributed by atoms with Gasteiger partial charge in [-0.25, -0.2) is 0 Å². The minimum atomic E-state index is -1.30. The van der Waals surface area contributed by atoms with Gasteiger partial charge < -0.3 is 25.7 Å². The number of hydrogen-bond acceptors (Lipinski definition) is 4. The average molecular weight is 211 g/mol. The van der Waals surface area contributed by atoms with Crippen LogP contribution in [0.5, 0.6) is 5.75 Å². The molecule has 7 heteroatoms. The van der Waals surface area contributed by atoms with Crippen LogP contribution < -0.4 is 45.4 Å². The molecular formula is C7H10NNaO5. The van der Waals surface area contributed by atoms with Crippen molar-refractivity contribution in [2.45, 2.75) is 0 Å². The van der Waals surface area contributed by atoms with Crippen LogP contribution in [0.3, 0.4) is 0 Å². The number of carbonyl (C=O) groups is 1. The van der Waals surface area contributed by atoms with Crippen molar-refractivity contribution in [2.24, 2.45) is 5.90 Å². The normalized spacial score (nSPS) is 7.21. The Balaban J connectivity index is -0.000000403. The summed E-state index contributed by atoms with van der Waals surface area (Å²) in [6.45, 7) is 0. The third-order valence-electron chi connectivity index (χ3n) is 1.23. The van der Waals surface area contributed by atoms with Gasteiger partial charge in [-0.15, -0.1) is 0 Å². The molecule has 14 heavy (non-hydrogen) atoms. The van der Waals surface area contributed by atoms with Crippen molar-refractivity contribution >= 4 is 5.97 Å². The Kier molecular flexibility index (Phi) is 12.2. The van der Waals surface area contributed by atoms with Crippen molar-refractivity contribution in [1.82, 2.24) is 0 Å². The molecule has 0 aromatic heterocycles. The fourth-order valence-corrected chi connectivity index (χ4v) is 0.738. The van der Waals surface area contributed by atoms with Gasteiger partial charge in [0.2, 0.25) is 0 Å². The summed E-state index contributed by atoms with van der Waals surface area (Å²) in [4.78, 5) is 14.6. The number of para-hydroxylation sites is 1. The standard InChI is InChI=1S/C7H7NO3.Na.2H2O/c8-11-6-4-2-1-3-5(6)7(9)10;;;/h1-4H,8H2,(H,9,10);;2*1H2/q;+1;;/p-1. The van der Waals surface area contributed by atoms with Gasteiger partial charge >= 0.3 is 29.6 Å². The number of benzene rings is 1. The molecule has 0 fully saturated rings. The summed E-state index contributed by atoms with van der Waals surface area (Å²) >= 11 is 0. The van der Waals surface area contributed by atoms with Crippen molar-refractivity contribution in [1.29, 1.82) is 0 Å². The smallest absolute Gasteiger partial charge is 0.545 e. The maximum absolute atomic E-state index is 10.3. The summed E-state index contributed by atoms with van der Waals surface area (Å²) in [5.41, 5.74) is -0.0463. The summed E-state index contributed by atoms with van der Waals surface area (Å²) in [5.74, 6) is 3.60. The van der Waals surface area contributed by atoms with Gasteiger partial charge in [-0.3, -0.25) is 0 Å². The van der Waals surface area contributed by atoms with Gasteiger partial charge in [-0.05, 0) is 12.1 Å². The maximum Gasteiger partial charge on any atom is 1.00 e. The summed E-state index contributed by atoms with van der Waals surface area (Å²) in [6, 6.07) is 5.99. The molecule has 0 bridgehead atoms. The Labute approximate surface area is 103 Å². The van der Waals surface area contributed by atoms with E-state index < -0.39 is 5.97 Å². The Morgan fingerprint density at radius 2 is 1.79 bits per heavy atom. The number of aromatic carboxylic acids is 1. The summed E-state index contributed by atoms with van der Waals surface area (Å²) in [6.07, 6.45) is 0. The fourth-order valence-electron chi connectivity index (χ4n) is 0.738. The predicted octanol–water partition coefficient (Wildman–Crippen LogP) is -5.34. The molecule has 0 saturated heterocycles. The van der Waals surface area contributed by atoms with Crippen LogP contribution in [-0.4, -0.2) is 16.9 Å². The van der Waals surface area contributed by atoms with Gasteiger partial charge in [-0.2, -0.15) is 5.90 Å². The van der Waals surface area contributed by atoms with E-state index in [1.54, 1.807) is 12.1 Å². The third kappa shape index (κ3) is 4.56. The third-order valence-corrected chi connectivity index (χ3v) is 1.23. The van der Waals surface area contributed by atoms with Crippen LogP contribution >= 0.6 is 0 Å². The molecule has 0 atom stereocenters. The second-order valence-corrected chi connectivity index (χ2v) is 1.90. The molecule has 74 valence electrons. The molecule has 0 heterocycles. The number of carboxylic acids is 1. The van der Waals surface area contributed by atoms with Gasteiger partial charge in [0.25, 0.3) is 0 Å². The number of carboxylic acid groups (broad SMARTS) is 1. The first-order valence-corrected chi connectivity index (χ1v) is 2.93. The monoisotopic (exact) mass is 211 g/mol. The zero-order valence-electron chi connectivity index (χ0n) is 7.61. The van der Waals surface area contributed by atoms with Gasteiger partial charge in [-0.1, -0.05) is 12.1 Å². The molecule has 1 rings (SSSR count). The van der Waals surface area contributed by atoms with Gasteiger partial charge in [0, 0.05) is 5.56 Å². The molecular weight excluding hydrogens is 201 g/mol. The maximum atomic E-state index is 10.3. The molecule has 0 unspecified atom stereocenters. The number of hydrogen-bond donors (Lipinski definition) is 1. The van der Waals surface area contributed by atoms with E-state index in [2.05, 4.69) is 4.84 Å². The van der Waals surface area contributed by atoms with Crippen LogP contribution in [0.1, 0.15) is 10.4 Å². The molecule has 6 nitrogen and oxygen atoms in total. The van der Waals surface area contributed by atoms with Gasteiger partial charge in [0.1, 0.15) is 0 Å². The van der Waals surface area contributed by atoms with Crippen molar-refractivity contribution in [2.75, 3.05) is 0 Å². The Hall–Kier alpha value is -0.630. The predicted molar refractivity (Wildman–Crippen MR) is 42.8 cm³/mol. The molecule has 1 aromatic carbocycles. The molecule has 0 saturated carbocycles. The molecule has 0 aliphatic heterocycles. The zero-order valence-corrected chi connectivity index (χ0v) is 9.61. The first-order chi connectivity index (χ1) is 5.25. The Morgan fingerprint density at radius 1 is 1.29 bits per heavy atom. The van der Waals surface area contributed by atoms with Crippen molar-refractivity contribution in [3.05, 3.63) is 29.8 Å². The second kappa shape index (κ2) is 8.95. The van der Waals surface area contributed by atoms with E-state index in [0.717, 1.165) is 0 Å². The average Bonchev–Trinajstić information content (AvgIpc) is 2.04. The van der Waals surface area contributed by atoms with Crippen molar-refractivity contribution in [3.8, 4) is 5.75 Å². The first-order valence-electron chi connectivity index (χ1n) is 2.93. The van der Waals surface area contributed by atoms with E-state index in [1.807, 2.05) is 0 Å². The van der Waals surface area contributed by atoms with Crippen molar-refractivity contribution in [3.63, 3.8) is 0 Å². The van der Waals surface area contributed by atoms with E-state index in [1.165, 1.54) is 12.1 Å². The summed E-state index contributed by atoms with van der Waals surface area (Å²) < 4.78 is 0. The molecule has 6 N–H and O–H groups in total. The fraction of sp³-hybridized carbons (Fsp3) is 0. The van der Waals surface area contributed by atoms with E-state index >= 15 is 0 Å². The quantitative estimate of drug-likeness (QED) is 0.385. The van der Waals surface area contributed by atoms with Crippen molar-refractivity contribution < 1.29 is 55.2 Å². The largest absolute Gasteiger partial charge is 1.00 e. The van der Waals surface area contributed by atoms with E-state index in [-0.39, 0.29) is 51.8 Å². The first kappa shape index (κ1) is 19.0. The van der Waals surface area contributed by atoms with Crippen LogP contribution in [0.15, 0.2) is 24.3 Å². The van der Waals surface area contributed by atoms with E-state index in [4.69, 9.17) is 5.90 Å². The molecule has 0 spiro atoms. The van der Waals surface area contributed by atoms with Crippen LogP contribution in [0, 0.1) is 0 Å². The Morgan fingerprint density at radius 3 is 2.14 bits per heavy atom. The summed E-state index contributed by atoms with van der Waals surface area (Å²) in [7, 11) is 0. The van der Waals surface area contributed by atoms with Crippen LogP contribution in [-0.2, 0) is 0 Å². The number of rotatable bonds is 2. The molecule has 1 aromatic rings. The molecule has 0 aliphatic carbocycles. The van der Waals surface area contributed by atoms with E-state index in [9.17, 15) is 9.90 Å². The minimum absolute atomic E-state index is 0. The number of nitrogens with two attached hydrogens (primary N) is 1. The second-order valence-electron chi connectivity index (χ2n) is 1.90. The van der Waals surface area contributed by atoms with Crippen LogP contribution in [0.2, 0.25) is 0 Å². The van der Waals surface area contributed by atoms with Crippen LogP contribution in [0.25, 0.3) is 0 Å². The minimum Gasteiger partial charge on any atom is -0.545 e. The van der Waals surface area contributed by atoms with Gasteiger partial charge in [0.05, 0.1) is 5.97 Å². The topological polar surface area (TPSA) is 138 Å². The van der Waals surface area contributed by atoms with E-state index in [0.29, 0.717) is 0 Å². The van der Waals surface area contributed by atoms with Gasteiger partial charge in [0.15, 0.2) is 5.75 Å². The Bertz CT molecular complexity index is 281. The molecule has 0 amide bonds. The summed E-state index contributed by atoms with van der Waals surface area (Å²) in [5, 5.41) is 10.3. The van der Waals surface area contributed by atoms with Crippen LogP contribution in [0.4, 0.5) is 0 Å². The molecule has 0 aliphatic rings. The number of carbonyl (C=O) groups excluding carboxylic acids is 1. The SMILES string of the molecule is NOc1ccccc1C(=O)[O-].O.O.[Na+].